The summed E-state index contributed by atoms with van der Waals surface area (Å²) in [5.74, 6) is 1.62. The van der Waals surface area contributed by atoms with Crippen molar-refractivity contribution in [2.75, 3.05) is 33.8 Å². The Morgan fingerprint density at radius 2 is 2.38 bits per heavy atom. The number of rotatable bonds is 6. The van der Waals surface area contributed by atoms with Crippen LogP contribution in [0, 0.1) is 5.92 Å². The molecule has 1 aromatic rings. The lowest BCUT2D eigenvalue weighted by Gasteiger charge is -2.14. The molecule has 4 N–H and O–H groups in total. The second-order valence-corrected chi connectivity index (χ2v) is 5.56. The Bertz CT molecular complexity index is 504. The lowest BCUT2D eigenvalue weighted by atomic mass is 10.1. The number of ether oxygens (including phenoxy) is 1. The summed E-state index contributed by atoms with van der Waals surface area (Å²) >= 11 is 0. The SMILES string of the molecule is COc1ccc(/C(N)=N/O)cc1CNCC1CCN(C)C1. The molecule has 0 bridgehead atoms. The molecular formula is C15H24N4O2. The van der Waals surface area contributed by atoms with Crippen molar-refractivity contribution >= 4 is 5.84 Å². The Labute approximate surface area is 125 Å². The third kappa shape index (κ3) is 4.09. The van der Waals surface area contributed by atoms with Crippen LogP contribution in [0.5, 0.6) is 5.75 Å². The summed E-state index contributed by atoms with van der Waals surface area (Å²) in [5, 5.41) is 15.3. The van der Waals surface area contributed by atoms with Crippen molar-refractivity contribution in [1.29, 1.82) is 0 Å². The highest BCUT2D eigenvalue weighted by atomic mass is 16.5. The van der Waals surface area contributed by atoms with Crippen molar-refractivity contribution < 1.29 is 9.94 Å². The zero-order valence-electron chi connectivity index (χ0n) is 12.7. The van der Waals surface area contributed by atoms with Crippen molar-refractivity contribution in [1.82, 2.24) is 10.2 Å². The van der Waals surface area contributed by atoms with Gasteiger partial charge in [-0.3, -0.25) is 0 Å². The quantitative estimate of drug-likeness (QED) is 0.313. The van der Waals surface area contributed by atoms with Gasteiger partial charge in [0.05, 0.1) is 7.11 Å². The highest BCUT2D eigenvalue weighted by molar-refractivity contribution is 5.97. The van der Waals surface area contributed by atoms with Gasteiger partial charge in [-0.25, -0.2) is 0 Å². The number of nitrogens with one attached hydrogen (secondary N) is 1. The maximum atomic E-state index is 8.76. The van der Waals surface area contributed by atoms with Gasteiger partial charge in [0, 0.05) is 24.2 Å². The predicted molar refractivity (Wildman–Crippen MR) is 82.8 cm³/mol. The number of amidine groups is 1. The standard InChI is InChI=1S/C15H24N4O2/c1-19-6-5-11(10-19)8-17-9-13-7-12(15(16)18-20)3-4-14(13)21-2/h3-4,7,11,17,20H,5-6,8-10H2,1-2H3,(H2,16,18). The van der Waals surface area contributed by atoms with Crippen molar-refractivity contribution in [3.05, 3.63) is 29.3 Å². The monoisotopic (exact) mass is 292 g/mol. The third-order valence-corrected chi connectivity index (χ3v) is 3.92. The molecule has 1 heterocycles. The first-order valence-corrected chi connectivity index (χ1v) is 7.18. The molecule has 1 atom stereocenters. The van der Waals surface area contributed by atoms with Crippen LogP contribution in [0.1, 0.15) is 17.5 Å². The maximum absolute atomic E-state index is 8.76. The molecule has 6 nitrogen and oxygen atoms in total. The minimum atomic E-state index is 0.108. The fourth-order valence-corrected chi connectivity index (χ4v) is 2.74. The summed E-state index contributed by atoms with van der Waals surface area (Å²) in [6.45, 7) is 4.01. The van der Waals surface area contributed by atoms with Gasteiger partial charge in [-0.05, 0) is 50.7 Å². The normalized spacial score (nSPS) is 19.9. The van der Waals surface area contributed by atoms with Gasteiger partial charge in [0.25, 0.3) is 0 Å². The highest BCUT2D eigenvalue weighted by Crippen LogP contribution is 2.20. The van der Waals surface area contributed by atoms with Gasteiger partial charge >= 0.3 is 0 Å². The molecule has 1 saturated heterocycles. The molecule has 1 aliphatic rings. The second-order valence-electron chi connectivity index (χ2n) is 5.56. The largest absolute Gasteiger partial charge is 0.496 e. The minimum absolute atomic E-state index is 0.108. The van der Waals surface area contributed by atoms with Crippen LogP contribution >= 0.6 is 0 Å². The lowest BCUT2D eigenvalue weighted by Crippen LogP contribution is -2.25. The number of hydrogen-bond donors (Lipinski definition) is 3. The Hall–Kier alpha value is -1.79. The average Bonchev–Trinajstić information content (AvgIpc) is 2.91. The topological polar surface area (TPSA) is 83.1 Å². The van der Waals surface area contributed by atoms with E-state index in [0.29, 0.717) is 18.0 Å². The molecule has 0 spiro atoms. The van der Waals surface area contributed by atoms with Gasteiger partial charge in [0.15, 0.2) is 5.84 Å². The van der Waals surface area contributed by atoms with E-state index in [2.05, 4.69) is 22.4 Å². The van der Waals surface area contributed by atoms with Crippen LogP contribution in [0.3, 0.4) is 0 Å². The first-order chi connectivity index (χ1) is 10.1. The molecule has 0 saturated carbocycles. The molecule has 0 radical (unpaired) electrons. The zero-order valence-corrected chi connectivity index (χ0v) is 12.7. The van der Waals surface area contributed by atoms with Gasteiger partial charge in [-0.2, -0.15) is 0 Å². The zero-order chi connectivity index (χ0) is 15.2. The predicted octanol–water partition coefficient (Wildman–Crippen LogP) is 0.831. The van der Waals surface area contributed by atoms with Crippen molar-refractivity contribution in [2.45, 2.75) is 13.0 Å². The van der Waals surface area contributed by atoms with Crippen LogP contribution in [0.15, 0.2) is 23.4 Å². The number of nitrogens with zero attached hydrogens (tertiary/aromatic N) is 2. The van der Waals surface area contributed by atoms with Gasteiger partial charge in [-0.15, -0.1) is 0 Å². The molecule has 116 valence electrons. The Morgan fingerprint density at radius 3 is 3.00 bits per heavy atom. The van der Waals surface area contributed by atoms with Crippen LogP contribution in [-0.2, 0) is 6.54 Å². The average molecular weight is 292 g/mol. The van der Waals surface area contributed by atoms with E-state index in [-0.39, 0.29) is 5.84 Å². The number of nitrogens with two attached hydrogens (primary N) is 1. The van der Waals surface area contributed by atoms with E-state index in [4.69, 9.17) is 15.7 Å². The number of benzene rings is 1. The summed E-state index contributed by atoms with van der Waals surface area (Å²) in [6.07, 6.45) is 1.24. The fraction of sp³-hybridized carbons (Fsp3) is 0.533. The van der Waals surface area contributed by atoms with Crippen LogP contribution in [0.2, 0.25) is 0 Å². The third-order valence-electron chi connectivity index (χ3n) is 3.92. The number of methoxy groups -OCH3 is 1. The van der Waals surface area contributed by atoms with E-state index in [1.807, 2.05) is 12.1 Å². The van der Waals surface area contributed by atoms with E-state index in [9.17, 15) is 0 Å². The van der Waals surface area contributed by atoms with Crippen molar-refractivity contribution in [3.63, 3.8) is 0 Å². The molecule has 0 aromatic heterocycles. The van der Waals surface area contributed by atoms with Crippen molar-refractivity contribution in [3.8, 4) is 5.75 Å². The molecule has 1 unspecified atom stereocenters. The summed E-state index contributed by atoms with van der Waals surface area (Å²) in [6, 6.07) is 5.51. The van der Waals surface area contributed by atoms with E-state index < -0.39 is 0 Å². The molecule has 1 aromatic carbocycles. The van der Waals surface area contributed by atoms with E-state index in [1.165, 1.54) is 13.0 Å². The fourth-order valence-electron chi connectivity index (χ4n) is 2.74. The maximum Gasteiger partial charge on any atom is 0.170 e. The first kappa shape index (κ1) is 15.6. The van der Waals surface area contributed by atoms with Crippen LogP contribution in [0.4, 0.5) is 0 Å². The molecule has 0 aliphatic carbocycles. The van der Waals surface area contributed by atoms with Gasteiger partial charge < -0.3 is 25.9 Å². The highest BCUT2D eigenvalue weighted by Gasteiger charge is 2.18. The second kappa shape index (κ2) is 7.28. The number of likely N-dealkylation sites (tertiary alicyclic amines) is 1. The van der Waals surface area contributed by atoms with Gasteiger partial charge in [0.2, 0.25) is 0 Å². The summed E-state index contributed by atoms with van der Waals surface area (Å²) in [5.41, 5.74) is 7.33. The number of hydrogen-bond acceptors (Lipinski definition) is 5. The summed E-state index contributed by atoms with van der Waals surface area (Å²) < 4.78 is 5.36. The van der Waals surface area contributed by atoms with Gasteiger partial charge in [-0.1, -0.05) is 5.16 Å². The molecular weight excluding hydrogens is 268 g/mol. The summed E-state index contributed by atoms with van der Waals surface area (Å²) in [7, 11) is 3.80. The minimum Gasteiger partial charge on any atom is -0.496 e. The smallest absolute Gasteiger partial charge is 0.170 e. The van der Waals surface area contributed by atoms with E-state index >= 15 is 0 Å². The van der Waals surface area contributed by atoms with E-state index in [1.54, 1.807) is 13.2 Å². The molecule has 21 heavy (non-hydrogen) atoms. The van der Waals surface area contributed by atoms with Crippen LogP contribution < -0.4 is 15.8 Å². The Balaban J connectivity index is 1.97. The Kier molecular flexibility index (Phi) is 5.41. The number of oxime groups is 1. The molecule has 2 rings (SSSR count). The molecule has 1 aliphatic heterocycles. The molecule has 6 heteroatoms. The van der Waals surface area contributed by atoms with Crippen LogP contribution in [0.25, 0.3) is 0 Å². The van der Waals surface area contributed by atoms with Gasteiger partial charge in [0.1, 0.15) is 5.75 Å². The van der Waals surface area contributed by atoms with E-state index in [0.717, 1.165) is 24.4 Å². The van der Waals surface area contributed by atoms with Crippen LogP contribution in [-0.4, -0.2) is 49.7 Å². The summed E-state index contributed by atoms with van der Waals surface area (Å²) in [4.78, 5) is 2.35. The Morgan fingerprint density at radius 1 is 1.57 bits per heavy atom. The molecule has 1 fully saturated rings. The first-order valence-electron chi connectivity index (χ1n) is 7.18. The lowest BCUT2D eigenvalue weighted by molar-refractivity contribution is 0.318. The van der Waals surface area contributed by atoms with Crippen molar-refractivity contribution in [2.24, 2.45) is 16.8 Å². The molecule has 0 amide bonds.